The highest BCUT2D eigenvalue weighted by Crippen LogP contribution is 2.21. The first-order valence-electron chi connectivity index (χ1n) is 8.36. The van der Waals surface area contributed by atoms with Crippen molar-refractivity contribution in [3.63, 3.8) is 0 Å². The summed E-state index contributed by atoms with van der Waals surface area (Å²) in [5.41, 5.74) is 0.757. The maximum absolute atomic E-state index is 12.4. The molecule has 29 heavy (non-hydrogen) atoms. The summed E-state index contributed by atoms with van der Waals surface area (Å²) in [6.07, 6.45) is 1.46. The van der Waals surface area contributed by atoms with E-state index in [1.165, 1.54) is 54.7 Å². The van der Waals surface area contributed by atoms with Crippen LogP contribution in [0.15, 0.2) is 71.8 Å². The number of carbonyl (C=O) groups excluding carboxylic acids is 1. The van der Waals surface area contributed by atoms with Crippen LogP contribution in [0.25, 0.3) is 0 Å². The highest BCUT2D eigenvalue weighted by Gasteiger charge is 2.17. The van der Waals surface area contributed by atoms with E-state index < -0.39 is 20.9 Å². The first-order valence-corrected chi connectivity index (χ1v) is 9.85. The lowest BCUT2D eigenvalue weighted by molar-refractivity contribution is -0.385. The van der Waals surface area contributed by atoms with E-state index in [0.29, 0.717) is 11.3 Å². The van der Waals surface area contributed by atoms with E-state index in [1.807, 2.05) is 0 Å². The normalized spacial score (nSPS) is 10.9. The van der Waals surface area contributed by atoms with Gasteiger partial charge in [0.05, 0.1) is 9.82 Å². The smallest absolute Gasteiger partial charge is 0.273 e. The summed E-state index contributed by atoms with van der Waals surface area (Å²) in [4.78, 5) is 26.7. The first-order chi connectivity index (χ1) is 13.8. The SMILES string of the molecule is Cc1ccc(C(=O)Nc2ccc(S(=O)(=O)Nc3ccccn3)cc2)cc1[N+](=O)[O-]. The van der Waals surface area contributed by atoms with Gasteiger partial charge in [-0.3, -0.25) is 19.6 Å². The summed E-state index contributed by atoms with van der Waals surface area (Å²) >= 11 is 0. The van der Waals surface area contributed by atoms with Crippen LogP contribution in [0.2, 0.25) is 0 Å². The van der Waals surface area contributed by atoms with Gasteiger partial charge < -0.3 is 5.32 Å². The number of nitro groups is 1. The standard InChI is InChI=1S/C19H16N4O5S/c1-13-5-6-14(12-17(13)23(25)26)19(24)21-15-7-9-16(10-8-15)29(27,28)22-18-4-2-3-11-20-18/h2-12H,1H3,(H,20,22)(H,21,24). The first kappa shape index (κ1) is 20.0. The van der Waals surface area contributed by atoms with Crippen molar-refractivity contribution in [2.45, 2.75) is 11.8 Å². The number of aromatic nitrogens is 1. The maximum atomic E-state index is 12.4. The molecule has 3 aromatic rings. The van der Waals surface area contributed by atoms with Crippen molar-refractivity contribution in [3.8, 4) is 0 Å². The summed E-state index contributed by atoms with van der Waals surface area (Å²) < 4.78 is 27.1. The van der Waals surface area contributed by atoms with Crippen LogP contribution in [-0.4, -0.2) is 24.2 Å². The van der Waals surface area contributed by atoms with Crippen LogP contribution in [0, 0.1) is 17.0 Å². The molecular weight excluding hydrogens is 396 g/mol. The Balaban J connectivity index is 1.74. The number of rotatable bonds is 6. The fourth-order valence-corrected chi connectivity index (χ4v) is 3.50. The minimum Gasteiger partial charge on any atom is -0.322 e. The van der Waals surface area contributed by atoms with Gasteiger partial charge in [-0.2, -0.15) is 0 Å². The number of hydrogen-bond acceptors (Lipinski definition) is 6. The monoisotopic (exact) mass is 412 g/mol. The Kier molecular flexibility index (Phi) is 5.55. The van der Waals surface area contributed by atoms with Crippen molar-refractivity contribution in [1.82, 2.24) is 4.98 Å². The number of anilines is 2. The molecule has 1 heterocycles. The van der Waals surface area contributed by atoms with E-state index in [0.717, 1.165) is 0 Å². The Morgan fingerprint density at radius 2 is 1.79 bits per heavy atom. The molecule has 0 radical (unpaired) electrons. The Labute approximate surface area is 166 Å². The maximum Gasteiger partial charge on any atom is 0.273 e. The molecule has 0 aliphatic heterocycles. The molecule has 1 aromatic heterocycles. The van der Waals surface area contributed by atoms with Crippen LogP contribution in [0.5, 0.6) is 0 Å². The summed E-state index contributed by atoms with van der Waals surface area (Å²) in [6, 6.07) is 14.5. The average molecular weight is 412 g/mol. The number of aryl methyl sites for hydroxylation is 1. The van der Waals surface area contributed by atoms with Crippen LogP contribution >= 0.6 is 0 Å². The molecule has 0 aliphatic carbocycles. The van der Waals surface area contributed by atoms with Crippen LogP contribution in [0.3, 0.4) is 0 Å². The van der Waals surface area contributed by atoms with Crippen molar-refractivity contribution in [2.75, 3.05) is 10.0 Å². The lowest BCUT2D eigenvalue weighted by Crippen LogP contribution is -2.15. The Bertz CT molecular complexity index is 1160. The zero-order chi connectivity index (χ0) is 21.0. The van der Waals surface area contributed by atoms with Gasteiger partial charge in [0.25, 0.3) is 21.6 Å². The minimum atomic E-state index is -3.83. The molecule has 0 atom stereocenters. The third-order valence-electron chi connectivity index (χ3n) is 3.99. The molecule has 1 amide bonds. The molecule has 0 saturated heterocycles. The second-order valence-electron chi connectivity index (χ2n) is 6.06. The van der Waals surface area contributed by atoms with Crippen LogP contribution in [0.1, 0.15) is 15.9 Å². The quantitative estimate of drug-likeness (QED) is 0.471. The molecule has 2 aromatic carbocycles. The molecule has 3 rings (SSSR count). The second kappa shape index (κ2) is 8.07. The van der Waals surface area contributed by atoms with E-state index in [-0.39, 0.29) is 22.0 Å². The van der Waals surface area contributed by atoms with Gasteiger partial charge in [0, 0.05) is 29.1 Å². The lowest BCUT2D eigenvalue weighted by atomic mass is 10.1. The number of pyridine rings is 1. The van der Waals surface area contributed by atoms with E-state index in [1.54, 1.807) is 19.1 Å². The Hall–Kier alpha value is -3.79. The fourth-order valence-electron chi connectivity index (χ4n) is 2.49. The van der Waals surface area contributed by atoms with Gasteiger partial charge in [0.15, 0.2) is 0 Å². The highest BCUT2D eigenvalue weighted by atomic mass is 32.2. The third kappa shape index (κ3) is 4.74. The lowest BCUT2D eigenvalue weighted by Gasteiger charge is -2.09. The molecule has 0 bridgehead atoms. The molecule has 0 spiro atoms. The van der Waals surface area contributed by atoms with Crippen molar-refractivity contribution < 1.29 is 18.1 Å². The molecule has 0 saturated carbocycles. The van der Waals surface area contributed by atoms with Gasteiger partial charge in [-0.25, -0.2) is 13.4 Å². The fraction of sp³-hybridized carbons (Fsp3) is 0.0526. The molecule has 0 aliphatic rings. The minimum absolute atomic E-state index is 0.00729. The molecule has 0 unspecified atom stereocenters. The summed E-state index contributed by atoms with van der Waals surface area (Å²) in [7, 11) is -3.83. The number of nitrogens with zero attached hydrogens (tertiary/aromatic N) is 2. The second-order valence-corrected chi connectivity index (χ2v) is 7.74. The van der Waals surface area contributed by atoms with Crippen LogP contribution in [-0.2, 0) is 10.0 Å². The van der Waals surface area contributed by atoms with Gasteiger partial charge >= 0.3 is 0 Å². The molecule has 0 fully saturated rings. The predicted octanol–water partition coefficient (Wildman–Crippen LogP) is 3.35. The van der Waals surface area contributed by atoms with E-state index in [2.05, 4.69) is 15.0 Å². The zero-order valence-electron chi connectivity index (χ0n) is 15.2. The van der Waals surface area contributed by atoms with Crippen molar-refractivity contribution in [2.24, 2.45) is 0 Å². The Morgan fingerprint density at radius 3 is 2.41 bits per heavy atom. The molecule has 2 N–H and O–H groups in total. The topological polar surface area (TPSA) is 131 Å². The highest BCUT2D eigenvalue weighted by molar-refractivity contribution is 7.92. The van der Waals surface area contributed by atoms with E-state index in [9.17, 15) is 23.3 Å². The van der Waals surface area contributed by atoms with Crippen molar-refractivity contribution >= 4 is 33.1 Å². The summed E-state index contributed by atoms with van der Waals surface area (Å²) in [6.45, 7) is 1.58. The number of sulfonamides is 1. The van der Waals surface area contributed by atoms with Crippen molar-refractivity contribution in [1.29, 1.82) is 0 Å². The predicted molar refractivity (Wildman–Crippen MR) is 107 cm³/mol. The summed E-state index contributed by atoms with van der Waals surface area (Å²) in [5, 5.41) is 13.6. The van der Waals surface area contributed by atoms with E-state index >= 15 is 0 Å². The van der Waals surface area contributed by atoms with Gasteiger partial charge in [0.1, 0.15) is 5.82 Å². The summed E-state index contributed by atoms with van der Waals surface area (Å²) in [5.74, 6) is -0.360. The zero-order valence-corrected chi connectivity index (χ0v) is 16.0. The molecule has 9 nitrogen and oxygen atoms in total. The van der Waals surface area contributed by atoms with Gasteiger partial charge in [-0.15, -0.1) is 0 Å². The number of hydrogen-bond donors (Lipinski definition) is 2. The van der Waals surface area contributed by atoms with Crippen LogP contribution in [0.4, 0.5) is 17.2 Å². The third-order valence-corrected chi connectivity index (χ3v) is 5.36. The number of benzene rings is 2. The molecule has 10 heteroatoms. The van der Waals surface area contributed by atoms with Gasteiger partial charge in [0.2, 0.25) is 0 Å². The molecule has 148 valence electrons. The Morgan fingerprint density at radius 1 is 1.07 bits per heavy atom. The van der Waals surface area contributed by atoms with Crippen molar-refractivity contribution in [3.05, 3.63) is 88.1 Å². The number of carbonyl (C=O) groups is 1. The van der Waals surface area contributed by atoms with E-state index in [4.69, 9.17) is 0 Å². The largest absolute Gasteiger partial charge is 0.322 e. The molecular formula is C19H16N4O5S. The number of amides is 1. The number of nitrogens with one attached hydrogen (secondary N) is 2. The van der Waals surface area contributed by atoms with Gasteiger partial charge in [-0.1, -0.05) is 12.1 Å². The van der Waals surface area contributed by atoms with Gasteiger partial charge in [-0.05, 0) is 49.4 Å². The van der Waals surface area contributed by atoms with Crippen LogP contribution < -0.4 is 10.0 Å². The average Bonchev–Trinajstić information content (AvgIpc) is 2.69. The number of nitro benzene ring substituents is 1.